The molecule has 0 spiro atoms. The zero-order valence-corrected chi connectivity index (χ0v) is 25.4. The van der Waals surface area contributed by atoms with Crippen molar-refractivity contribution >= 4 is 67.4 Å². The van der Waals surface area contributed by atoms with E-state index < -0.39 is 0 Å². The number of fused-ring (bicyclic) bond motifs is 9. The van der Waals surface area contributed by atoms with Crippen LogP contribution >= 0.6 is 0 Å². The Bertz CT molecular complexity index is 2620. The van der Waals surface area contributed by atoms with Gasteiger partial charge in [0.25, 0.3) is 0 Å². The second-order valence-corrected chi connectivity index (χ2v) is 11.4. The van der Waals surface area contributed by atoms with Crippen molar-refractivity contribution in [2.24, 2.45) is 0 Å². The third kappa shape index (κ3) is 4.07. The Morgan fingerprint density at radius 1 is 0.562 bits per heavy atom. The molecule has 8 nitrogen and oxygen atoms in total. The molecule has 0 atom stereocenters. The molecule has 224 valence electrons. The van der Waals surface area contributed by atoms with Crippen LogP contribution < -0.4 is 4.90 Å². The van der Waals surface area contributed by atoms with Crippen molar-refractivity contribution in [2.75, 3.05) is 4.90 Å². The van der Waals surface area contributed by atoms with E-state index in [1.54, 1.807) is 12.1 Å². The Morgan fingerprint density at radius 3 is 1.56 bits per heavy atom. The van der Waals surface area contributed by atoms with E-state index in [0.717, 1.165) is 55.8 Å². The van der Waals surface area contributed by atoms with Crippen LogP contribution in [0.2, 0.25) is 0 Å². The van der Waals surface area contributed by atoms with E-state index in [0.29, 0.717) is 17.1 Å². The maximum atomic E-state index is 10.1. The number of imidazole rings is 2. The van der Waals surface area contributed by atoms with Crippen molar-refractivity contribution in [2.45, 2.75) is 0 Å². The molecule has 0 bridgehead atoms. The van der Waals surface area contributed by atoms with E-state index in [9.17, 15) is 5.26 Å². The van der Waals surface area contributed by atoms with Crippen LogP contribution in [-0.4, -0.2) is 23.3 Å². The van der Waals surface area contributed by atoms with E-state index >= 15 is 0 Å². The Labute approximate surface area is 274 Å². The topological polar surface area (TPSA) is 70.9 Å². The monoisotopic (exact) mass is 616 g/mol. The Hall–Kier alpha value is -7.16. The summed E-state index contributed by atoms with van der Waals surface area (Å²) in [5.41, 5.74) is 9.39. The number of nitriles is 1. The molecule has 0 aliphatic rings. The van der Waals surface area contributed by atoms with E-state index in [1.807, 2.05) is 84.9 Å². The van der Waals surface area contributed by atoms with Crippen LogP contribution in [0.1, 0.15) is 5.56 Å². The SMILES string of the molecule is [C-]#[N+]c1cc2c(cc1C#N)n1c3ccccc3nc1n(-c1ccc(N(c3ccccc3)c3ccccc3)cc1)c1nc3ccccc3n21. The molecule has 8 heteroatoms. The third-order valence-electron chi connectivity index (χ3n) is 8.70. The first-order chi connectivity index (χ1) is 23.7. The predicted molar refractivity (Wildman–Crippen MR) is 190 cm³/mol. The number of anilines is 3. The van der Waals surface area contributed by atoms with Gasteiger partial charge in [0.2, 0.25) is 17.2 Å². The molecule has 0 aliphatic carbocycles. The molecule has 3 aromatic heterocycles. The summed E-state index contributed by atoms with van der Waals surface area (Å²) in [7, 11) is 0. The fourth-order valence-corrected chi connectivity index (χ4v) is 6.58. The first-order valence-electron chi connectivity index (χ1n) is 15.5. The van der Waals surface area contributed by atoms with Crippen molar-refractivity contribution in [3.63, 3.8) is 0 Å². The second-order valence-electron chi connectivity index (χ2n) is 11.4. The van der Waals surface area contributed by atoms with Crippen LogP contribution in [-0.2, 0) is 0 Å². The fraction of sp³-hybridized carbons (Fsp3) is 0. The summed E-state index contributed by atoms with van der Waals surface area (Å²) >= 11 is 0. The van der Waals surface area contributed by atoms with Gasteiger partial charge >= 0.3 is 0 Å². The highest BCUT2D eigenvalue weighted by molar-refractivity contribution is 5.95. The van der Waals surface area contributed by atoms with Crippen molar-refractivity contribution in [3.8, 4) is 11.8 Å². The number of rotatable bonds is 4. The van der Waals surface area contributed by atoms with E-state index in [4.69, 9.17) is 16.5 Å². The molecule has 0 saturated carbocycles. The van der Waals surface area contributed by atoms with Crippen LogP contribution in [0.3, 0.4) is 0 Å². The number of hydrogen-bond donors (Lipinski definition) is 0. The molecular weight excluding hydrogens is 592 g/mol. The number of para-hydroxylation sites is 6. The van der Waals surface area contributed by atoms with Crippen LogP contribution in [0, 0.1) is 17.9 Å². The van der Waals surface area contributed by atoms with Crippen LogP contribution in [0.5, 0.6) is 0 Å². The van der Waals surface area contributed by atoms with Gasteiger partial charge < -0.3 is 4.90 Å². The summed E-state index contributed by atoms with van der Waals surface area (Å²) in [6.07, 6.45) is 0. The molecule has 0 N–H and O–H groups in total. The molecule has 0 saturated heterocycles. The quantitative estimate of drug-likeness (QED) is 0.185. The summed E-state index contributed by atoms with van der Waals surface area (Å²) in [6.45, 7) is 7.88. The van der Waals surface area contributed by atoms with Gasteiger partial charge in [-0.05, 0) is 84.9 Å². The average molecular weight is 617 g/mol. The van der Waals surface area contributed by atoms with Gasteiger partial charge in [0.1, 0.15) is 0 Å². The van der Waals surface area contributed by atoms with Gasteiger partial charge in [-0.3, -0.25) is 8.80 Å². The number of benzene rings is 6. The standard InChI is InChI=1S/C40H24N8/c1-42-34-25-38-37(24-27(34)26-41)47-35-18-10-8-16-32(35)43-39(47)46(40-44-33-17-9-11-19-36(33)48(38)40)31-22-20-30(21-23-31)45(28-12-4-2-5-13-28)29-14-6-3-7-15-29/h2-25H. The van der Waals surface area contributed by atoms with Gasteiger partial charge in [-0.15, -0.1) is 0 Å². The van der Waals surface area contributed by atoms with Crippen LogP contribution in [0.15, 0.2) is 146 Å². The molecule has 6 aromatic carbocycles. The lowest BCUT2D eigenvalue weighted by Gasteiger charge is -2.25. The molecule has 9 rings (SSSR count). The number of hydrogen-bond acceptors (Lipinski definition) is 4. The minimum atomic E-state index is 0.283. The van der Waals surface area contributed by atoms with Gasteiger partial charge in [-0.25, -0.2) is 19.4 Å². The highest BCUT2D eigenvalue weighted by Crippen LogP contribution is 2.36. The van der Waals surface area contributed by atoms with Gasteiger partial charge in [0.15, 0.2) is 0 Å². The molecule has 3 heterocycles. The molecule has 0 amide bonds. The first kappa shape index (κ1) is 27.2. The minimum Gasteiger partial charge on any atom is -0.311 e. The summed E-state index contributed by atoms with van der Waals surface area (Å²) in [6, 6.07) is 50.7. The molecule has 0 aliphatic heterocycles. The van der Waals surface area contributed by atoms with Gasteiger partial charge in [0, 0.05) is 17.1 Å². The maximum absolute atomic E-state index is 10.1. The lowest BCUT2D eigenvalue weighted by atomic mass is 10.1. The number of aromatic nitrogens is 5. The largest absolute Gasteiger partial charge is 0.311 e. The number of nitrogens with zero attached hydrogens (tertiary/aromatic N) is 8. The van der Waals surface area contributed by atoms with Crippen LogP contribution in [0.25, 0.3) is 55.2 Å². The second kappa shape index (κ2) is 10.7. The Morgan fingerprint density at radius 2 is 1.04 bits per heavy atom. The zero-order valence-electron chi connectivity index (χ0n) is 25.4. The average Bonchev–Trinajstić information content (AvgIpc) is 3.69. The molecule has 0 unspecified atom stereocenters. The van der Waals surface area contributed by atoms with Gasteiger partial charge in [-0.1, -0.05) is 60.7 Å². The van der Waals surface area contributed by atoms with Crippen LogP contribution in [0.4, 0.5) is 22.7 Å². The molecular formula is C40H24N8. The smallest absolute Gasteiger partial charge is 0.223 e. The van der Waals surface area contributed by atoms with Crippen molar-refractivity contribution in [3.05, 3.63) is 163 Å². The van der Waals surface area contributed by atoms with Crippen molar-refractivity contribution in [1.82, 2.24) is 23.3 Å². The van der Waals surface area contributed by atoms with E-state index in [1.165, 1.54) is 0 Å². The lowest BCUT2D eigenvalue weighted by molar-refractivity contribution is 1.03. The van der Waals surface area contributed by atoms with Gasteiger partial charge in [0.05, 0.1) is 57.0 Å². The molecule has 0 fully saturated rings. The molecule has 48 heavy (non-hydrogen) atoms. The highest BCUT2D eigenvalue weighted by atomic mass is 15.3. The van der Waals surface area contributed by atoms with E-state index in [-0.39, 0.29) is 5.69 Å². The van der Waals surface area contributed by atoms with Gasteiger partial charge in [-0.2, -0.15) is 5.26 Å². The lowest BCUT2D eigenvalue weighted by Crippen LogP contribution is -2.10. The summed E-state index contributed by atoms with van der Waals surface area (Å²) in [5.74, 6) is 1.25. The Kier molecular flexibility index (Phi) is 6.07. The Balaban J connectivity index is 1.41. The van der Waals surface area contributed by atoms with E-state index in [2.05, 4.69) is 77.7 Å². The van der Waals surface area contributed by atoms with Crippen molar-refractivity contribution < 1.29 is 0 Å². The zero-order chi connectivity index (χ0) is 32.2. The third-order valence-corrected chi connectivity index (χ3v) is 8.70. The maximum Gasteiger partial charge on any atom is 0.223 e. The summed E-state index contributed by atoms with van der Waals surface area (Å²) < 4.78 is 6.19. The summed E-state index contributed by atoms with van der Waals surface area (Å²) in [5, 5.41) is 10.1. The normalized spacial score (nSPS) is 11.3. The van der Waals surface area contributed by atoms with Crippen molar-refractivity contribution in [1.29, 1.82) is 5.26 Å². The molecule has 9 aromatic rings. The fourth-order valence-electron chi connectivity index (χ4n) is 6.58. The predicted octanol–water partition coefficient (Wildman–Crippen LogP) is 9.69. The summed E-state index contributed by atoms with van der Waals surface area (Å²) in [4.78, 5) is 16.3. The first-order valence-corrected chi connectivity index (χ1v) is 15.5. The highest BCUT2D eigenvalue weighted by Gasteiger charge is 2.21. The minimum absolute atomic E-state index is 0.283. The molecule has 0 radical (unpaired) electrons.